The second-order valence-electron chi connectivity index (χ2n) is 10.8. The van der Waals surface area contributed by atoms with Gasteiger partial charge in [-0.3, -0.25) is 9.59 Å². The summed E-state index contributed by atoms with van der Waals surface area (Å²) < 4.78 is 34.4. The van der Waals surface area contributed by atoms with Crippen molar-refractivity contribution in [2.24, 2.45) is 0 Å². The van der Waals surface area contributed by atoms with Gasteiger partial charge in [-0.1, -0.05) is 65.6 Å². The van der Waals surface area contributed by atoms with E-state index >= 15 is 0 Å². The van der Waals surface area contributed by atoms with E-state index in [1.807, 2.05) is 44.1 Å². The number of unbranched alkanes of at least 4 members (excludes halogenated alkanes) is 2. The van der Waals surface area contributed by atoms with E-state index in [0.29, 0.717) is 29.0 Å². The number of benzene rings is 2. The van der Waals surface area contributed by atoms with Gasteiger partial charge in [-0.2, -0.15) is 0 Å². The minimum absolute atomic E-state index is 0.0832. The largest absolute Gasteiger partial charge is 0.465 e. The highest BCUT2D eigenvalue weighted by Crippen LogP contribution is 2.36. The summed E-state index contributed by atoms with van der Waals surface area (Å²) in [6, 6.07) is 10.7. The molecule has 0 fully saturated rings. The van der Waals surface area contributed by atoms with Crippen molar-refractivity contribution in [2.75, 3.05) is 43.6 Å². The average Bonchev–Trinajstić information content (AvgIpc) is 3.02. The van der Waals surface area contributed by atoms with Crippen LogP contribution in [0.25, 0.3) is 10.8 Å². The minimum Gasteiger partial charge on any atom is -0.465 e. The van der Waals surface area contributed by atoms with Crippen LogP contribution in [0.2, 0.25) is 0 Å². The van der Waals surface area contributed by atoms with E-state index < -0.39 is 16.0 Å². The number of aromatic nitrogens is 2. The molecule has 0 spiro atoms. The zero-order valence-electron chi connectivity index (χ0n) is 27.1. The van der Waals surface area contributed by atoms with Gasteiger partial charge in [0.05, 0.1) is 24.5 Å². The number of fused-ring (bicyclic) bond motifs is 1. The van der Waals surface area contributed by atoms with E-state index in [2.05, 4.69) is 21.6 Å². The number of esters is 1. The number of sulfonamides is 1. The number of hydrogen-bond acceptors (Lipinski definition) is 11. The predicted molar refractivity (Wildman–Crippen MR) is 189 cm³/mol. The van der Waals surface area contributed by atoms with Crippen LogP contribution in [0.5, 0.6) is 0 Å². The first-order valence-electron chi connectivity index (χ1n) is 15.1. The number of nitrogens with zero attached hydrogens (tertiary/aromatic N) is 4. The Morgan fingerprint density at radius 3 is 2.54 bits per heavy atom. The number of allylic oxidation sites excluding steroid dienone is 1. The Bertz CT molecular complexity index is 1630. The van der Waals surface area contributed by atoms with E-state index in [4.69, 9.17) is 10.5 Å². The van der Waals surface area contributed by atoms with Gasteiger partial charge in [0, 0.05) is 71.6 Å². The summed E-state index contributed by atoms with van der Waals surface area (Å²) in [5.41, 5.74) is 8.32. The summed E-state index contributed by atoms with van der Waals surface area (Å²) in [7, 11) is 3.18. The van der Waals surface area contributed by atoms with Crippen LogP contribution in [-0.2, 0) is 30.9 Å². The van der Waals surface area contributed by atoms with Crippen molar-refractivity contribution in [2.45, 2.75) is 64.3 Å². The molecule has 11 nitrogen and oxygen atoms in total. The van der Waals surface area contributed by atoms with Gasteiger partial charge in [0.1, 0.15) is 11.6 Å². The van der Waals surface area contributed by atoms with Crippen LogP contribution >= 0.6 is 21.6 Å². The number of nitrogen functional groups attached to an aromatic ring is 1. The highest BCUT2D eigenvalue weighted by atomic mass is 33.1. The van der Waals surface area contributed by atoms with Crippen LogP contribution in [-0.4, -0.2) is 68.7 Å². The Morgan fingerprint density at radius 2 is 1.85 bits per heavy atom. The third kappa shape index (κ3) is 10.6. The summed E-state index contributed by atoms with van der Waals surface area (Å²) in [6.45, 7) is 5.93. The maximum Gasteiger partial charge on any atom is 0.307 e. The van der Waals surface area contributed by atoms with Crippen molar-refractivity contribution in [3.05, 3.63) is 64.6 Å². The van der Waals surface area contributed by atoms with E-state index in [0.717, 1.165) is 53.1 Å². The van der Waals surface area contributed by atoms with E-state index in [1.54, 1.807) is 57.8 Å². The van der Waals surface area contributed by atoms with Gasteiger partial charge in [-0.05, 0) is 32.4 Å². The lowest BCUT2D eigenvalue weighted by Crippen LogP contribution is -2.27. The zero-order chi connectivity index (χ0) is 33.7. The topological polar surface area (TPSA) is 148 Å². The van der Waals surface area contributed by atoms with Gasteiger partial charge in [0.2, 0.25) is 16.4 Å². The lowest BCUT2D eigenvalue weighted by atomic mass is 10.1. The van der Waals surface area contributed by atoms with Crippen molar-refractivity contribution >= 4 is 66.3 Å². The van der Waals surface area contributed by atoms with Crippen LogP contribution < -0.4 is 15.4 Å². The molecular formula is C32H44N6O5S3. The summed E-state index contributed by atoms with van der Waals surface area (Å²) in [5.74, 6) is 1.29. The Kier molecular flexibility index (Phi) is 14.6. The molecule has 0 bridgehead atoms. The first-order chi connectivity index (χ1) is 22.0. The van der Waals surface area contributed by atoms with E-state index in [9.17, 15) is 18.0 Å². The highest BCUT2D eigenvalue weighted by Gasteiger charge is 2.19. The molecule has 1 heterocycles. The fourth-order valence-electron chi connectivity index (χ4n) is 4.60. The van der Waals surface area contributed by atoms with Gasteiger partial charge in [-0.15, -0.1) is 0 Å². The number of ether oxygens (including phenoxy) is 1. The number of rotatable bonds is 19. The molecule has 46 heavy (non-hydrogen) atoms. The summed E-state index contributed by atoms with van der Waals surface area (Å²) in [6.07, 6.45) is 5.96. The fourth-order valence-corrected chi connectivity index (χ4v) is 8.45. The Labute approximate surface area is 280 Å². The molecule has 2 aromatic carbocycles. The summed E-state index contributed by atoms with van der Waals surface area (Å²) >= 11 is 0. The quantitative estimate of drug-likeness (QED) is 0.0697. The Morgan fingerprint density at radius 1 is 1.11 bits per heavy atom. The van der Waals surface area contributed by atoms with Crippen LogP contribution in [0.1, 0.15) is 57.3 Å². The van der Waals surface area contributed by atoms with Gasteiger partial charge in [-0.25, -0.2) is 23.1 Å². The minimum atomic E-state index is -3.88. The fraction of sp³-hybridized carbons (Fsp3) is 0.438. The summed E-state index contributed by atoms with van der Waals surface area (Å²) in [4.78, 5) is 37.6. The Hall–Kier alpha value is -3.33. The molecule has 0 atom stereocenters. The van der Waals surface area contributed by atoms with Crippen molar-refractivity contribution in [1.82, 2.24) is 19.6 Å². The number of carbonyl (C=O) groups is 2. The van der Waals surface area contributed by atoms with Crippen LogP contribution in [0.15, 0.2) is 58.1 Å². The molecule has 0 aliphatic carbocycles. The number of nitrogens with one attached hydrogen (secondary N) is 1. The second kappa shape index (κ2) is 18.1. The first-order valence-corrected chi connectivity index (χ1v) is 18.9. The molecule has 1 aromatic heterocycles. The molecule has 1 amide bonds. The SMILES string of the molecule is CCCCCSSC(CCOC(=O)CCNS(=O)(=O)c1cccc2c(N(C)C)cccc12)=C(C)N(C=O)Cc1cnc(C)nc1N. The van der Waals surface area contributed by atoms with Crippen LogP contribution in [0, 0.1) is 6.92 Å². The highest BCUT2D eigenvalue weighted by molar-refractivity contribution is 8.78. The maximum atomic E-state index is 13.2. The predicted octanol–water partition coefficient (Wildman–Crippen LogP) is 5.65. The smallest absolute Gasteiger partial charge is 0.307 e. The van der Waals surface area contributed by atoms with Crippen molar-refractivity contribution in [1.29, 1.82) is 0 Å². The zero-order valence-corrected chi connectivity index (χ0v) is 29.6. The third-order valence-corrected chi connectivity index (χ3v) is 11.4. The van der Waals surface area contributed by atoms with Crippen molar-refractivity contribution in [3.63, 3.8) is 0 Å². The van der Waals surface area contributed by atoms with Crippen LogP contribution in [0.3, 0.4) is 0 Å². The number of hydrogen-bond donors (Lipinski definition) is 2. The molecule has 250 valence electrons. The normalized spacial score (nSPS) is 12.1. The number of anilines is 2. The molecule has 0 saturated carbocycles. The molecule has 3 rings (SSSR count). The number of aryl methyl sites for hydroxylation is 1. The average molecular weight is 689 g/mol. The van der Waals surface area contributed by atoms with Crippen LogP contribution in [0.4, 0.5) is 11.5 Å². The van der Waals surface area contributed by atoms with Crippen molar-refractivity contribution < 1.29 is 22.7 Å². The lowest BCUT2D eigenvalue weighted by molar-refractivity contribution is -0.143. The van der Waals surface area contributed by atoms with E-state index in [1.165, 1.54) is 0 Å². The molecule has 3 N–H and O–H groups in total. The van der Waals surface area contributed by atoms with Gasteiger partial charge in [0.15, 0.2) is 0 Å². The van der Waals surface area contributed by atoms with Crippen molar-refractivity contribution in [3.8, 4) is 0 Å². The molecule has 3 aromatic rings. The molecule has 0 unspecified atom stereocenters. The molecule has 0 radical (unpaired) electrons. The molecular weight excluding hydrogens is 645 g/mol. The number of amides is 1. The molecule has 0 saturated heterocycles. The molecule has 0 aliphatic heterocycles. The lowest BCUT2D eigenvalue weighted by Gasteiger charge is -2.22. The third-order valence-electron chi connectivity index (χ3n) is 7.16. The Balaban J connectivity index is 1.61. The molecule has 0 aliphatic rings. The second-order valence-corrected chi connectivity index (χ2v) is 15.1. The monoisotopic (exact) mass is 688 g/mol. The first kappa shape index (κ1) is 37.1. The number of nitrogens with two attached hydrogens (primary N) is 1. The number of carbonyl (C=O) groups excluding carboxylic acids is 2. The molecule has 14 heteroatoms. The summed E-state index contributed by atoms with van der Waals surface area (Å²) in [5, 5.41) is 1.42. The van der Waals surface area contributed by atoms with Gasteiger partial charge < -0.3 is 20.3 Å². The van der Waals surface area contributed by atoms with Gasteiger partial charge in [0.25, 0.3) is 0 Å². The van der Waals surface area contributed by atoms with Gasteiger partial charge >= 0.3 is 5.97 Å². The standard InChI is InChI=1S/C32H44N6O5S3/c1-6-7-8-19-44-45-29(23(2)38(22-39)21-25-20-34-24(3)36-32(25)33)16-18-43-31(40)15-17-35-46(41,42)30-14-10-11-26-27(30)12-9-13-28(26)37(4)5/h9-14,20,22,35H,6-8,15-19,21H2,1-5H3,(H2,33,34,36). The maximum absolute atomic E-state index is 13.2. The van der Waals surface area contributed by atoms with E-state index in [-0.39, 0.29) is 31.0 Å².